The van der Waals surface area contributed by atoms with Crippen LogP contribution in [0.4, 0.5) is 5.69 Å². The lowest BCUT2D eigenvalue weighted by Crippen LogP contribution is -2.24. The van der Waals surface area contributed by atoms with Crippen LogP contribution in [0.2, 0.25) is 0 Å². The SMILES string of the molecule is CC(c1cccc(N)c1)N(C)CCc1ccncc1. The van der Waals surface area contributed by atoms with E-state index in [4.69, 9.17) is 5.73 Å². The molecule has 3 heteroatoms. The highest BCUT2D eigenvalue weighted by Crippen LogP contribution is 2.20. The molecule has 1 atom stereocenters. The van der Waals surface area contributed by atoms with E-state index in [1.54, 1.807) is 0 Å². The smallest absolute Gasteiger partial charge is 0.0317 e. The number of hydrogen-bond acceptors (Lipinski definition) is 3. The Hall–Kier alpha value is -1.87. The minimum absolute atomic E-state index is 0.366. The van der Waals surface area contributed by atoms with E-state index in [0.29, 0.717) is 6.04 Å². The molecule has 19 heavy (non-hydrogen) atoms. The topological polar surface area (TPSA) is 42.1 Å². The largest absolute Gasteiger partial charge is 0.399 e. The standard InChI is InChI=1S/C16H21N3/c1-13(15-4-3-5-16(17)12-15)19(2)11-8-14-6-9-18-10-7-14/h3-7,9-10,12-13H,8,11,17H2,1-2H3. The summed E-state index contributed by atoms with van der Waals surface area (Å²) in [6, 6.07) is 12.6. The normalized spacial score (nSPS) is 12.6. The quantitative estimate of drug-likeness (QED) is 0.835. The third-order valence-electron chi connectivity index (χ3n) is 3.56. The van der Waals surface area contributed by atoms with Gasteiger partial charge in [0.25, 0.3) is 0 Å². The summed E-state index contributed by atoms with van der Waals surface area (Å²) in [6.07, 6.45) is 4.72. The van der Waals surface area contributed by atoms with Crippen molar-refractivity contribution >= 4 is 5.69 Å². The lowest BCUT2D eigenvalue weighted by atomic mass is 10.1. The first-order valence-corrected chi connectivity index (χ1v) is 6.61. The van der Waals surface area contributed by atoms with Gasteiger partial charge in [-0.05, 0) is 55.8 Å². The lowest BCUT2D eigenvalue weighted by Gasteiger charge is -2.25. The molecule has 2 rings (SSSR count). The van der Waals surface area contributed by atoms with Crippen molar-refractivity contribution in [3.05, 3.63) is 59.9 Å². The fraction of sp³-hybridized carbons (Fsp3) is 0.312. The summed E-state index contributed by atoms with van der Waals surface area (Å²) >= 11 is 0. The monoisotopic (exact) mass is 255 g/mol. The number of pyridine rings is 1. The van der Waals surface area contributed by atoms with Crippen LogP contribution in [-0.4, -0.2) is 23.5 Å². The first-order chi connectivity index (χ1) is 9.16. The van der Waals surface area contributed by atoms with E-state index < -0.39 is 0 Å². The van der Waals surface area contributed by atoms with E-state index in [-0.39, 0.29) is 0 Å². The van der Waals surface area contributed by atoms with Crippen LogP contribution in [0.3, 0.4) is 0 Å². The second kappa shape index (κ2) is 6.34. The van der Waals surface area contributed by atoms with Gasteiger partial charge < -0.3 is 5.73 Å². The van der Waals surface area contributed by atoms with Gasteiger partial charge in [0.05, 0.1) is 0 Å². The van der Waals surface area contributed by atoms with Gasteiger partial charge in [-0.1, -0.05) is 12.1 Å². The van der Waals surface area contributed by atoms with Crippen molar-refractivity contribution in [2.24, 2.45) is 0 Å². The van der Waals surface area contributed by atoms with Crippen molar-refractivity contribution in [3.63, 3.8) is 0 Å². The molecule has 0 aliphatic heterocycles. The zero-order valence-electron chi connectivity index (χ0n) is 11.6. The minimum Gasteiger partial charge on any atom is -0.399 e. The molecule has 0 amide bonds. The predicted octanol–water partition coefficient (Wildman–Crippen LogP) is 2.90. The van der Waals surface area contributed by atoms with Gasteiger partial charge in [0, 0.05) is 30.7 Å². The summed E-state index contributed by atoms with van der Waals surface area (Å²) < 4.78 is 0. The Labute approximate surface area is 115 Å². The molecule has 1 aromatic heterocycles. The molecule has 0 aliphatic carbocycles. The Bertz CT molecular complexity index is 510. The average molecular weight is 255 g/mol. The van der Waals surface area contributed by atoms with E-state index in [1.807, 2.05) is 30.6 Å². The summed E-state index contributed by atoms with van der Waals surface area (Å²) in [5, 5.41) is 0. The van der Waals surface area contributed by atoms with Gasteiger partial charge in [0.15, 0.2) is 0 Å². The second-order valence-corrected chi connectivity index (χ2v) is 4.93. The fourth-order valence-electron chi connectivity index (χ4n) is 2.12. The van der Waals surface area contributed by atoms with Crippen LogP contribution in [0.1, 0.15) is 24.1 Å². The Morgan fingerprint density at radius 3 is 2.63 bits per heavy atom. The van der Waals surface area contributed by atoms with Crippen LogP contribution >= 0.6 is 0 Å². The van der Waals surface area contributed by atoms with Crippen molar-refractivity contribution < 1.29 is 0 Å². The van der Waals surface area contributed by atoms with E-state index >= 15 is 0 Å². The van der Waals surface area contributed by atoms with Crippen LogP contribution in [0.5, 0.6) is 0 Å². The van der Waals surface area contributed by atoms with Gasteiger partial charge in [0.1, 0.15) is 0 Å². The molecule has 0 fully saturated rings. The van der Waals surface area contributed by atoms with Crippen molar-refractivity contribution in [1.29, 1.82) is 0 Å². The summed E-state index contributed by atoms with van der Waals surface area (Å²) in [5.41, 5.74) is 9.24. The Kier molecular flexibility index (Phi) is 4.53. The summed E-state index contributed by atoms with van der Waals surface area (Å²) in [4.78, 5) is 6.38. The van der Waals surface area contributed by atoms with E-state index in [1.165, 1.54) is 11.1 Å². The molecule has 0 bridgehead atoms. The molecule has 1 aromatic carbocycles. The molecule has 2 N–H and O–H groups in total. The molecule has 1 unspecified atom stereocenters. The molecular formula is C16H21N3. The number of nitrogens with zero attached hydrogens (tertiary/aromatic N) is 2. The number of benzene rings is 1. The van der Waals surface area contributed by atoms with Crippen LogP contribution in [-0.2, 0) is 6.42 Å². The number of hydrogen-bond donors (Lipinski definition) is 1. The molecule has 0 aliphatic rings. The van der Waals surface area contributed by atoms with Crippen LogP contribution < -0.4 is 5.73 Å². The minimum atomic E-state index is 0.366. The first-order valence-electron chi connectivity index (χ1n) is 6.61. The van der Waals surface area contributed by atoms with Gasteiger partial charge in [-0.3, -0.25) is 9.88 Å². The number of aromatic nitrogens is 1. The molecule has 100 valence electrons. The maximum Gasteiger partial charge on any atom is 0.0317 e. The third kappa shape index (κ3) is 3.80. The third-order valence-corrected chi connectivity index (χ3v) is 3.56. The molecule has 1 heterocycles. The van der Waals surface area contributed by atoms with Crippen molar-refractivity contribution in [2.45, 2.75) is 19.4 Å². The summed E-state index contributed by atoms with van der Waals surface area (Å²) in [7, 11) is 2.15. The average Bonchev–Trinajstić information content (AvgIpc) is 2.45. The highest BCUT2D eigenvalue weighted by atomic mass is 15.1. The van der Waals surface area contributed by atoms with Gasteiger partial charge in [0.2, 0.25) is 0 Å². The maximum absolute atomic E-state index is 5.84. The van der Waals surface area contributed by atoms with Crippen LogP contribution in [0.15, 0.2) is 48.8 Å². The Morgan fingerprint density at radius 1 is 1.21 bits per heavy atom. The zero-order valence-corrected chi connectivity index (χ0v) is 11.6. The summed E-state index contributed by atoms with van der Waals surface area (Å²) in [6.45, 7) is 3.22. The molecule has 0 spiro atoms. The predicted molar refractivity (Wildman–Crippen MR) is 79.8 cm³/mol. The van der Waals surface area contributed by atoms with E-state index in [0.717, 1.165) is 18.7 Å². The fourth-order valence-corrected chi connectivity index (χ4v) is 2.12. The van der Waals surface area contributed by atoms with Crippen molar-refractivity contribution in [2.75, 3.05) is 19.3 Å². The van der Waals surface area contributed by atoms with Crippen LogP contribution in [0, 0.1) is 0 Å². The molecule has 0 saturated carbocycles. The Morgan fingerprint density at radius 2 is 1.95 bits per heavy atom. The number of nitrogen functional groups attached to an aromatic ring is 1. The number of rotatable bonds is 5. The molecule has 0 saturated heterocycles. The van der Waals surface area contributed by atoms with E-state index in [2.05, 4.69) is 42.1 Å². The molecule has 0 radical (unpaired) electrons. The Balaban J connectivity index is 1.94. The number of likely N-dealkylation sites (N-methyl/N-ethyl adjacent to an activating group) is 1. The van der Waals surface area contributed by atoms with Crippen LogP contribution in [0.25, 0.3) is 0 Å². The van der Waals surface area contributed by atoms with Crippen molar-refractivity contribution in [3.8, 4) is 0 Å². The number of nitrogens with two attached hydrogens (primary N) is 1. The van der Waals surface area contributed by atoms with Gasteiger partial charge in [-0.25, -0.2) is 0 Å². The molecule has 3 nitrogen and oxygen atoms in total. The second-order valence-electron chi connectivity index (χ2n) is 4.93. The van der Waals surface area contributed by atoms with Gasteiger partial charge >= 0.3 is 0 Å². The summed E-state index contributed by atoms with van der Waals surface area (Å²) in [5.74, 6) is 0. The van der Waals surface area contributed by atoms with E-state index in [9.17, 15) is 0 Å². The molecule has 2 aromatic rings. The highest BCUT2D eigenvalue weighted by Gasteiger charge is 2.11. The zero-order chi connectivity index (χ0) is 13.7. The number of anilines is 1. The molecular weight excluding hydrogens is 234 g/mol. The maximum atomic E-state index is 5.84. The highest BCUT2D eigenvalue weighted by molar-refractivity contribution is 5.41. The first kappa shape index (κ1) is 13.6. The van der Waals surface area contributed by atoms with Crippen molar-refractivity contribution in [1.82, 2.24) is 9.88 Å². The lowest BCUT2D eigenvalue weighted by molar-refractivity contribution is 0.265. The van der Waals surface area contributed by atoms with Gasteiger partial charge in [-0.15, -0.1) is 0 Å². The van der Waals surface area contributed by atoms with Gasteiger partial charge in [-0.2, -0.15) is 0 Å².